The molecule has 81 heavy (non-hydrogen) atoms. The molecule has 0 radical (unpaired) electrons. The van der Waals surface area contributed by atoms with Crippen molar-refractivity contribution < 1.29 is 13.2 Å². The van der Waals surface area contributed by atoms with Gasteiger partial charge in [0.15, 0.2) is 15.5 Å². The second-order valence-corrected chi connectivity index (χ2v) is 25.2. The van der Waals surface area contributed by atoms with Crippen LogP contribution in [0, 0.1) is 19.3 Å². The summed E-state index contributed by atoms with van der Waals surface area (Å²) in [6, 6.07) is 44.9. The van der Waals surface area contributed by atoms with Gasteiger partial charge in [-0.3, -0.25) is 4.90 Å². The van der Waals surface area contributed by atoms with E-state index in [2.05, 4.69) is 83.1 Å². The van der Waals surface area contributed by atoms with Gasteiger partial charge in [0, 0.05) is 73.9 Å². The van der Waals surface area contributed by atoms with Crippen LogP contribution in [-0.4, -0.2) is 79.8 Å². The number of thiazole rings is 1. The SMILES string of the molecule is Cc1cnc(Nc2ccc(OCCN3CCCC3)cc2)nc1Nc1cccc(S(=O)(=O)CC(C)(C)C)c1.Cc1nc(-c2ccccc2Cl)cs1.NC1(c2ccc(-c3nc4ccn5c(=O)[nH]nc5c4cc3-c3ccccc3)cc2)CCC1. The maximum atomic E-state index is 12.8. The summed E-state index contributed by atoms with van der Waals surface area (Å²) in [6.45, 7) is 13.6. The van der Waals surface area contributed by atoms with Gasteiger partial charge in [0.1, 0.15) is 18.2 Å². The van der Waals surface area contributed by atoms with E-state index in [1.807, 2.05) is 119 Å². The molecule has 1 saturated carbocycles. The number of aryl methyl sites for hydroxylation is 2. The summed E-state index contributed by atoms with van der Waals surface area (Å²) in [5.41, 5.74) is 16.6. The number of sulfone groups is 1. The summed E-state index contributed by atoms with van der Waals surface area (Å²) in [4.78, 5) is 33.1. The highest BCUT2D eigenvalue weighted by atomic mass is 35.5. The number of nitrogens with zero attached hydrogens (tertiary/aromatic N) is 7. The molecule has 1 saturated heterocycles. The molecule has 1 aliphatic carbocycles. The summed E-state index contributed by atoms with van der Waals surface area (Å²) in [6.07, 6.45) is 9.26. The number of aromatic nitrogens is 7. The Morgan fingerprint density at radius 1 is 0.790 bits per heavy atom. The maximum absolute atomic E-state index is 12.8. The number of rotatable bonds is 14. The van der Waals surface area contributed by atoms with E-state index in [1.165, 1.54) is 42.3 Å². The largest absolute Gasteiger partial charge is 0.492 e. The topological polar surface area (TPSA) is 198 Å². The number of halogens is 1. The molecule has 0 atom stereocenters. The first-order valence-corrected chi connectivity index (χ1v) is 30.1. The lowest BCUT2D eigenvalue weighted by Crippen LogP contribution is -2.43. The second kappa shape index (κ2) is 24.5. The lowest BCUT2D eigenvalue weighted by Gasteiger charge is -2.38. The quantitative estimate of drug-likeness (QED) is 0.0803. The fourth-order valence-electron chi connectivity index (χ4n) is 9.88. The molecule has 0 bridgehead atoms. The average Bonchev–Trinajstić information content (AvgIpc) is 4.46. The summed E-state index contributed by atoms with van der Waals surface area (Å²) in [5, 5.41) is 17.9. The highest BCUT2D eigenvalue weighted by Gasteiger charge is 2.34. The van der Waals surface area contributed by atoms with Crippen molar-refractivity contribution in [3.8, 4) is 39.4 Å². The number of ether oxygens (including phenoxy) is 1. The van der Waals surface area contributed by atoms with Crippen LogP contribution < -0.4 is 26.8 Å². The monoisotopic (exact) mass is 1140 g/mol. The van der Waals surface area contributed by atoms with E-state index in [1.54, 1.807) is 41.9 Å². The minimum Gasteiger partial charge on any atom is -0.492 e. The smallest absolute Gasteiger partial charge is 0.347 e. The minimum absolute atomic E-state index is 0.0757. The number of H-pyrrole nitrogens is 1. The Hall–Kier alpha value is -7.80. The molecule has 12 rings (SSSR count). The van der Waals surface area contributed by atoms with E-state index in [4.69, 9.17) is 27.1 Å². The standard InChI is InChI=1S/C28H37N5O3S.C25H21N5O.C10H8ClNS/c1-21-19-29-27(31-22-10-12-24(13-11-22)36-17-16-33-14-5-6-15-33)32-26(21)30-23-8-7-9-25(18-23)37(34,35)20-28(2,3)4;26-25(12-4-13-25)18-9-7-17(8-10-18)22-19(16-5-2-1-3-6-16)15-20-21(27-22)11-14-30-23(20)28-29-24(30)31;1-7-12-10(6-13-7)8-4-2-3-5-9(8)11/h7-13,18-19H,5-6,14-17,20H2,1-4H3,(H2,29,30,31,32);1-3,5-11,14-15H,4,12-13,26H2,(H,29,31);2-6H,1H3. The number of likely N-dealkylation sites (tertiary alicyclic amines) is 1. The van der Waals surface area contributed by atoms with Crippen molar-refractivity contribution in [2.24, 2.45) is 11.1 Å². The van der Waals surface area contributed by atoms with Crippen LogP contribution in [0.3, 0.4) is 0 Å². The predicted octanol–water partition coefficient (Wildman–Crippen LogP) is 13.6. The molecule has 5 aromatic carbocycles. The molecular formula is C63H66ClN11O4S2. The molecular weight excluding hydrogens is 1070 g/mol. The van der Waals surface area contributed by atoms with Crippen LogP contribution in [0.15, 0.2) is 167 Å². The van der Waals surface area contributed by atoms with Gasteiger partial charge in [-0.1, -0.05) is 111 Å². The molecule has 416 valence electrons. The van der Waals surface area contributed by atoms with E-state index in [9.17, 15) is 13.2 Å². The molecule has 2 aliphatic rings. The Balaban J connectivity index is 0.000000150. The van der Waals surface area contributed by atoms with Gasteiger partial charge in [-0.2, -0.15) is 10.1 Å². The van der Waals surface area contributed by atoms with Crippen molar-refractivity contribution in [1.29, 1.82) is 0 Å². The first kappa shape index (κ1) is 56.5. The molecule has 0 unspecified atom stereocenters. The van der Waals surface area contributed by atoms with Crippen LogP contribution in [0.2, 0.25) is 5.02 Å². The van der Waals surface area contributed by atoms with Crippen LogP contribution in [0.5, 0.6) is 5.75 Å². The van der Waals surface area contributed by atoms with Crippen LogP contribution >= 0.6 is 22.9 Å². The van der Waals surface area contributed by atoms with Gasteiger partial charge < -0.3 is 21.1 Å². The number of pyridine rings is 2. The van der Waals surface area contributed by atoms with E-state index >= 15 is 0 Å². The molecule has 10 aromatic rings. The van der Waals surface area contributed by atoms with Crippen molar-refractivity contribution in [2.75, 3.05) is 42.6 Å². The number of benzene rings is 5. The third kappa shape index (κ3) is 13.9. The molecule has 0 spiro atoms. The Morgan fingerprint density at radius 2 is 1.53 bits per heavy atom. The fraction of sp³-hybridized carbons (Fsp3) is 0.270. The summed E-state index contributed by atoms with van der Waals surface area (Å²) < 4.78 is 33.1. The van der Waals surface area contributed by atoms with Gasteiger partial charge in [0.2, 0.25) is 5.95 Å². The molecule has 0 amide bonds. The highest BCUT2D eigenvalue weighted by molar-refractivity contribution is 7.91. The molecule has 5 N–H and O–H groups in total. The Kier molecular flexibility index (Phi) is 17.1. The lowest BCUT2D eigenvalue weighted by atomic mass is 9.72. The van der Waals surface area contributed by atoms with Crippen molar-refractivity contribution in [3.63, 3.8) is 0 Å². The van der Waals surface area contributed by atoms with Crippen LogP contribution in [0.1, 0.15) is 69.0 Å². The molecule has 1 aliphatic heterocycles. The number of aromatic amines is 1. The number of anilines is 4. The first-order chi connectivity index (χ1) is 39.0. The van der Waals surface area contributed by atoms with E-state index in [-0.39, 0.29) is 22.4 Å². The van der Waals surface area contributed by atoms with Gasteiger partial charge in [-0.25, -0.2) is 37.7 Å². The molecule has 2 fully saturated rings. The predicted molar refractivity (Wildman–Crippen MR) is 328 cm³/mol. The van der Waals surface area contributed by atoms with Crippen LogP contribution in [0.25, 0.3) is 50.2 Å². The zero-order valence-electron chi connectivity index (χ0n) is 46.1. The van der Waals surface area contributed by atoms with Crippen LogP contribution in [0.4, 0.5) is 23.1 Å². The van der Waals surface area contributed by atoms with Gasteiger partial charge in [-0.15, -0.1) is 11.3 Å². The summed E-state index contributed by atoms with van der Waals surface area (Å²) in [7, 11) is -3.40. The Labute approximate surface area is 481 Å². The van der Waals surface area contributed by atoms with E-state index in [0.717, 1.165) is 91.0 Å². The maximum Gasteiger partial charge on any atom is 0.347 e. The van der Waals surface area contributed by atoms with E-state index < -0.39 is 9.84 Å². The number of hydrogen-bond acceptors (Lipinski definition) is 14. The fourth-order valence-corrected chi connectivity index (χ4v) is 12.6. The third-order valence-corrected chi connectivity index (χ3v) is 17.6. The number of hydrogen-bond donors (Lipinski definition) is 4. The van der Waals surface area contributed by atoms with Gasteiger partial charge in [0.05, 0.1) is 32.6 Å². The summed E-state index contributed by atoms with van der Waals surface area (Å²) >= 11 is 7.67. The number of fused-ring (bicyclic) bond motifs is 3. The number of nitrogens with one attached hydrogen (secondary N) is 3. The Morgan fingerprint density at radius 3 is 2.22 bits per heavy atom. The van der Waals surface area contributed by atoms with Crippen molar-refractivity contribution in [3.05, 3.63) is 189 Å². The minimum atomic E-state index is -3.40. The molecule has 15 nitrogen and oxygen atoms in total. The first-order valence-electron chi connectivity index (χ1n) is 27.2. The van der Waals surface area contributed by atoms with Gasteiger partial charge >= 0.3 is 5.69 Å². The van der Waals surface area contributed by atoms with E-state index in [0.29, 0.717) is 34.6 Å². The van der Waals surface area contributed by atoms with Crippen LogP contribution in [-0.2, 0) is 15.4 Å². The normalized spacial score (nSPS) is 14.1. The van der Waals surface area contributed by atoms with Crippen molar-refractivity contribution >= 4 is 72.5 Å². The van der Waals surface area contributed by atoms with Gasteiger partial charge in [0.25, 0.3) is 0 Å². The van der Waals surface area contributed by atoms with Gasteiger partial charge in [-0.05, 0) is 136 Å². The van der Waals surface area contributed by atoms with Crippen molar-refractivity contribution in [2.45, 2.75) is 77.2 Å². The third-order valence-electron chi connectivity index (χ3n) is 14.2. The summed E-state index contributed by atoms with van der Waals surface area (Å²) in [5.74, 6) is 1.95. The number of nitrogens with two attached hydrogens (primary N) is 1. The zero-order valence-corrected chi connectivity index (χ0v) is 48.5. The molecule has 5 aromatic heterocycles. The zero-order chi connectivity index (χ0) is 56.7. The lowest BCUT2D eigenvalue weighted by molar-refractivity contribution is 0.238. The average molecular weight is 1140 g/mol. The van der Waals surface area contributed by atoms with Crippen molar-refractivity contribution in [1.82, 2.24) is 39.4 Å². The molecule has 18 heteroatoms. The molecule has 6 heterocycles. The Bertz CT molecular complexity index is 3960. The highest BCUT2D eigenvalue weighted by Crippen LogP contribution is 2.41. The second-order valence-electron chi connectivity index (χ2n) is 21.8.